The van der Waals surface area contributed by atoms with E-state index in [1.807, 2.05) is 6.92 Å². The minimum absolute atomic E-state index is 0.0650. The summed E-state index contributed by atoms with van der Waals surface area (Å²) in [6, 6.07) is 0. The molecule has 9 unspecified atom stereocenters. The number of amides is 1. The van der Waals surface area contributed by atoms with Gasteiger partial charge in [0.2, 0.25) is 6.41 Å². The fourth-order valence-corrected chi connectivity index (χ4v) is 12.4. The zero-order chi connectivity index (χ0) is 37.4. The van der Waals surface area contributed by atoms with E-state index in [-0.39, 0.29) is 34.9 Å². The molecule has 50 heavy (non-hydrogen) atoms. The third-order valence-corrected chi connectivity index (χ3v) is 14.7. The molecule has 0 aromatic carbocycles. The molecule has 6 fully saturated rings. The maximum absolute atomic E-state index is 12.8. The van der Waals surface area contributed by atoms with Crippen molar-refractivity contribution in [2.24, 2.45) is 62.9 Å². The fraction of sp³-hybridized carbons (Fsp3) is 0.881. The summed E-state index contributed by atoms with van der Waals surface area (Å²) in [6.07, 6.45) is 19.2. The molecule has 6 rings (SSSR count). The highest BCUT2D eigenvalue weighted by atomic mass is 16.5. The van der Waals surface area contributed by atoms with Gasteiger partial charge in [0.05, 0.1) is 6.42 Å². The van der Waals surface area contributed by atoms with Crippen molar-refractivity contribution in [2.45, 2.75) is 150 Å². The molecule has 0 aromatic rings. The van der Waals surface area contributed by atoms with E-state index in [0.717, 1.165) is 95.8 Å². The second-order valence-corrected chi connectivity index (χ2v) is 18.3. The Hall–Kier alpha value is -1.77. The smallest absolute Gasteiger partial charge is 0.307 e. The third kappa shape index (κ3) is 8.71. The maximum atomic E-state index is 12.8. The van der Waals surface area contributed by atoms with Crippen LogP contribution in [0, 0.1) is 57.2 Å². The van der Waals surface area contributed by atoms with Crippen molar-refractivity contribution < 1.29 is 29.0 Å². The molecule has 1 amide bonds. The molecule has 0 radical (unpaired) electrons. The van der Waals surface area contributed by atoms with Gasteiger partial charge in [-0.3, -0.25) is 9.59 Å². The van der Waals surface area contributed by atoms with Gasteiger partial charge >= 0.3 is 5.97 Å². The van der Waals surface area contributed by atoms with Crippen LogP contribution in [0.5, 0.6) is 0 Å². The van der Waals surface area contributed by atoms with Crippen molar-refractivity contribution in [1.82, 2.24) is 5.32 Å². The molecule has 1 saturated heterocycles. The molecule has 5 saturated carbocycles. The van der Waals surface area contributed by atoms with E-state index in [9.17, 15) is 14.4 Å². The second kappa shape index (κ2) is 17.8. The van der Waals surface area contributed by atoms with Crippen molar-refractivity contribution in [1.29, 1.82) is 0 Å². The molecule has 4 N–H and O–H groups in total. The molecular formula is C42H74N2O6. The van der Waals surface area contributed by atoms with Gasteiger partial charge in [-0.25, -0.2) is 0 Å². The number of esters is 1. The second-order valence-electron chi connectivity index (χ2n) is 18.3. The predicted molar refractivity (Wildman–Crippen MR) is 201 cm³/mol. The van der Waals surface area contributed by atoms with Crippen LogP contribution in [0.15, 0.2) is 12.7 Å². The summed E-state index contributed by atoms with van der Waals surface area (Å²) in [6.45, 7) is 21.4. The number of aliphatic hydroxyl groups excluding tert-OH is 1. The number of aliphatic hydroxyl groups is 1. The largest absolute Gasteiger partial charge is 0.462 e. The monoisotopic (exact) mass is 703 g/mol. The van der Waals surface area contributed by atoms with Crippen molar-refractivity contribution in [3.63, 3.8) is 0 Å². The molecule has 1 aliphatic heterocycles. The minimum Gasteiger partial charge on any atom is -0.462 e. The molecule has 0 bridgehead atoms. The maximum Gasteiger partial charge on any atom is 0.307 e. The Kier molecular flexibility index (Phi) is 15.2. The van der Waals surface area contributed by atoms with Crippen molar-refractivity contribution in [2.75, 3.05) is 26.9 Å². The first-order valence-electron chi connectivity index (χ1n) is 19.8. The van der Waals surface area contributed by atoms with Gasteiger partial charge in [-0.15, -0.1) is 6.58 Å². The van der Waals surface area contributed by atoms with Gasteiger partial charge in [-0.05, 0) is 137 Å². The zero-order valence-corrected chi connectivity index (χ0v) is 33.1. The number of nitrogens with two attached hydrogens (primary N) is 1. The summed E-state index contributed by atoms with van der Waals surface area (Å²) in [5.74, 6) is 3.91. The number of hydrogen-bond donors (Lipinski definition) is 3. The molecule has 6 aliphatic rings. The number of hydrogen-bond acceptors (Lipinski definition) is 7. The van der Waals surface area contributed by atoms with Crippen molar-refractivity contribution in [3.8, 4) is 0 Å². The summed E-state index contributed by atoms with van der Waals surface area (Å²) in [7, 11) is 1.00. The molecule has 1 heterocycles. The third-order valence-electron chi connectivity index (χ3n) is 14.7. The van der Waals surface area contributed by atoms with Gasteiger partial charge in [0.1, 0.15) is 12.4 Å². The molecular weight excluding hydrogens is 628 g/mol. The molecule has 8 heteroatoms. The summed E-state index contributed by atoms with van der Waals surface area (Å²) in [5.41, 5.74) is 5.38. The Labute approximate surface area is 304 Å². The van der Waals surface area contributed by atoms with E-state index < -0.39 is 5.41 Å². The lowest BCUT2D eigenvalue weighted by atomic mass is 9.36. The summed E-state index contributed by atoms with van der Waals surface area (Å²) in [4.78, 5) is 35.7. The van der Waals surface area contributed by atoms with E-state index in [1.54, 1.807) is 19.9 Å². The highest BCUT2D eigenvalue weighted by Gasteiger charge is 2.66. The van der Waals surface area contributed by atoms with Gasteiger partial charge in [0, 0.05) is 36.7 Å². The van der Waals surface area contributed by atoms with Crippen LogP contribution in [0.2, 0.25) is 0 Å². The number of carbonyl (C=O) groups is 3. The summed E-state index contributed by atoms with van der Waals surface area (Å²) >= 11 is 0. The topological polar surface area (TPSA) is 128 Å². The molecule has 0 spiro atoms. The first-order valence-corrected chi connectivity index (χ1v) is 19.8. The van der Waals surface area contributed by atoms with Gasteiger partial charge < -0.3 is 30.4 Å². The Morgan fingerprint density at radius 3 is 2.12 bits per heavy atom. The van der Waals surface area contributed by atoms with Gasteiger partial charge in [-0.1, -0.05) is 54.0 Å². The molecule has 5 aliphatic carbocycles. The summed E-state index contributed by atoms with van der Waals surface area (Å²) < 4.78 is 11.3. The highest BCUT2D eigenvalue weighted by molar-refractivity contribution is 5.75. The SMILES string of the molecule is C=CC.CC(C)(C=O)CC(=O)OC1CCC2(C)C(CCC3(C)C4CCC5(NC=O)CCCC5C4CCC32)C1(C)C.CO.NCC1CCOCC1. The highest BCUT2D eigenvalue weighted by Crippen LogP contribution is 2.72. The Balaban J connectivity index is 0.000000443. The van der Waals surface area contributed by atoms with Gasteiger partial charge in [-0.2, -0.15) is 0 Å². The average Bonchev–Trinajstić information content (AvgIpc) is 3.52. The van der Waals surface area contributed by atoms with E-state index in [2.05, 4.69) is 39.6 Å². The number of fused-ring (bicyclic) bond motifs is 7. The standard InChI is InChI=1S/C32H51NO4.C6H13NO.C3H6.CH4O/c1-28(2,19-34)18-27(36)37-26-13-16-31(6)24(29(26,3)4)12-15-30(5)22-11-17-32(33-20-35)14-7-8-23(32)21(22)9-10-25(30)31;7-5-6-1-3-8-4-2-6;1-3-2;1-2/h19-26H,7-18H2,1-6H3,(H,33,35);6H,1-5,7H2;3H,1H2,2H3;2H,1H3. The van der Waals surface area contributed by atoms with Crippen LogP contribution in [0.4, 0.5) is 0 Å². The normalized spacial score (nSPS) is 38.5. The fourth-order valence-electron chi connectivity index (χ4n) is 12.4. The molecule has 288 valence electrons. The zero-order valence-electron chi connectivity index (χ0n) is 33.1. The van der Waals surface area contributed by atoms with Crippen LogP contribution in [0.1, 0.15) is 138 Å². The van der Waals surface area contributed by atoms with E-state index in [1.165, 1.54) is 44.9 Å². The Morgan fingerprint density at radius 1 is 0.900 bits per heavy atom. The minimum atomic E-state index is -0.673. The molecule has 9 atom stereocenters. The van der Waals surface area contributed by atoms with Gasteiger partial charge in [0.15, 0.2) is 0 Å². The number of carbonyl (C=O) groups excluding carboxylic acids is 3. The Bertz CT molecular complexity index is 1120. The predicted octanol–water partition coefficient (Wildman–Crippen LogP) is 7.65. The lowest BCUT2D eigenvalue weighted by Gasteiger charge is -2.69. The first-order chi connectivity index (χ1) is 23.7. The number of ether oxygens (including phenoxy) is 2. The number of nitrogens with one attached hydrogen (secondary N) is 1. The van der Waals surface area contributed by atoms with Crippen LogP contribution < -0.4 is 11.1 Å². The Morgan fingerprint density at radius 2 is 1.54 bits per heavy atom. The van der Waals surface area contributed by atoms with Crippen molar-refractivity contribution >= 4 is 18.7 Å². The lowest BCUT2D eigenvalue weighted by molar-refractivity contribution is -0.219. The first kappa shape index (κ1) is 42.6. The number of allylic oxidation sites excluding steroid dienone is 1. The van der Waals surface area contributed by atoms with E-state index in [4.69, 9.17) is 20.3 Å². The van der Waals surface area contributed by atoms with Crippen LogP contribution in [-0.2, 0) is 23.9 Å². The van der Waals surface area contributed by atoms with Crippen LogP contribution in [0.3, 0.4) is 0 Å². The number of aldehydes is 1. The van der Waals surface area contributed by atoms with Crippen LogP contribution in [-0.4, -0.2) is 62.3 Å². The molecule has 0 aromatic heterocycles. The van der Waals surface area contributed by atoms with Crippen LogP contribution in [0.25, 0.3) is 0 Å². The van der Waals surface area contributed by atoms with E-state index >= 15 is 0 Å². The van der Waals surface area contributed by atoms with Crippen LogP contribution >= 0.6 is 0 Å². The molecule has 8 nitrogen and oxygen atoms in total. The average molecular weight is 703 g/mol. The number of rotatable bonds is 7. The van der Waals surface area contributed by atoms with Crippen molar-refractivity contribution in [3.05, 3.63) is 12.7 Å². The summed E-state index contributed by atoms with van der Waals surface area (Å²) in [5, 5.41) is 10.3. The van der Waals surface area contributed by atoms with Gasteiger partial charge in [0.25, 0.3) is 0 Å². The lowest BCUT2D eigenvalue weighted by Crippen LogP contribution is -2.65. The van der Waals surface area contributed by atoms with E-state index in [0.29, 0.717) is 23.2 Å². The quantitative estimate of drug-likeness (QED) is 0.141.